The molecule has 0 spiro atoms. The lowest BCUT2D eigenvalue weighted by Gasteiger charge is -2.26. The second-order valence-electron chi connectivity index (χ2n) is 4.34. The van der Waals surface area contributed by atoms with E-state index in [2.05, 4.69) is 20.8 Å². The summed E-state index contributed by atoms with van der Waals surface area (Å²) >= 11 is 1.28. The van der Waals surface area contributed by atoms with Gasteiger partial charge in [0.1, 0.15) is 5.01 Å². The van der Waals surface area contributed by atoms with Gasteiger partial charge in [0.15, 0.2) is 0 Å². The fourth-order valence-corrected chi connectivity index (χ4v) is 2.37. The molecule has 0 atom stereocenters. The molecule has 20 heavy (non-hydrogen) atoms. The summed E-state index contributed by atoms with van der Waals surface area (Å²) in [5.41, 5.74) is 0. The molecular weight excluding hydrogens is 282 g/mol. The van der Waals surface area contributed by atoms with E-state index in [1.807, 2.05) is 0 Å². The molecule has 1 fully saturated rings. The first-order valence-electron chi connectivity index (χ1n) is 6.19. The predicted molar refractivity (Wildman–Crippen MR) is 72.1 cm³/mol. The predicted octanol–water partition coefficient (Wildman–Crippen LogP) is -0.476. The zero-order valence-electron chi connectivity index (χ0n) is 11.0. The third kappa shape index (κ3) is 3.98. The number of piperazine rings is 1. The van der Waals surface area contributed by atoms with Crippen molar-refractivity contribution in [3.63, 3.8) is 0 Å². The number of rotatable bonds is 4. The molecule has 2 heterocycles. The van der Waals surface area contributed by atoms with Gasteiger partial charge in [0.2, 0.25) is 22.9 Å². The lowest BCUT2D eigenvalue weighted by atomic mass is 10.2. The van der Waals surface area contributed by atoms with Gasteiger partial charge in [-0.1, -0.05) is 11.3 Å². The first-order valence-corrected chi connectivity index (χ1v) is 7.00. The average Bonchev–Trinajstić information content (AvgIpc) is 2.81. The third-order valence-corrected chi connectivity index (χ3v) is 3.48. The molecule has 0 radical (unpaired) electrons. The van der Waals surface area contributed by atoms with Gasteiger partial charge in [-0.15, -0.1) is 10.2 Å². The van der Waals surface area contributed by atoms with E-state index in [4.69, 9.17) is 0 Å². The average molecular weight is 297 g/mol. The van der Waals surface area contributed by atoms with Crippen LogP contribution >= 0.6 is 11.3 Å². The van der Waals surface area contributed by atoms with Gasteiger partial charge in [0.05, 0.1) is 6.54 Å². The fraction of sp³-hybridized carbons (Fsp3) is 0.545. The lowest BCUT2D eigenvalue weighted by molar-refractivity contribution is -0.138. The molecule has 1 aromatic rings. The van der Waals surface area contributed by atoms with Crippen molar-refractivity contribution < 1.29 is 14.4 Å². The van der Waals surface area contributed by atoms with Gasteiger partial charge >= 0.3 is 0 Å². The van der Waals surface area contributed by atoms with Crippen LogP contribution in [0.15, 0.2) is 0 Å². The monoisotopic (exact) mass is 297 g/mol. The van der Waals surface area contributed by atoms with Crippen molar-refractivity contribution in [2.75, 3.05) is 25.0 Å². The van der Waals surface area contributed by atoms with Gasteiger partial charge in [-0.3, -0.25) is 14.4 Å². The molecular formula is C11H15N5O3S. The molecule has 8 nitrogen and oxygen atoms in total. The Balaban J connectivity index is 1.75. The Kier molecular flexibility index (Phi) is 4.61. The summed E-state index contributed by atoms with van der Waals surface area (Å²) in [5.74, 6) is -0.641. The normalized spacial score (nSPS) is 14.8. The van der Waals surface area contributed by atoms with E-state index in [1.165, 1.54) is 16.2 Å². The highest BCUT2D eigenvalue weighted by Crippen LogP contribution is 2.14. The third-order valence-electron chi connectivity index (χ3n) is 2.73. The van der Waals surface area contributed by atoms with E-state index >= 15 is 0 Å². The summed E-state index contributed by atoms with van der Waals surface area (Å²) in [6, 6.07) is 0. The number of hydrogen-bond donors (Lipinski definition) is 2. The molecule has 3 amide bonds. The molecule has 0 saturated carbocycles. The Bertz CT molecular complexity index is 530. The Morgan fingerprint density at radius 1 is 1.40 bits per heavy atom. The largest absolute Gasteiger partial charge is 0.353 e. The van der Waals surface area contributed by atoms with E-state index < -0.39 is 0 Å². The number of nitrogens with zero attached hydrogens (tertiary/aromatic N) is 3. The van der Waals surface area contributed by atoms with Gasteiger partial charge in [-0.2, -0.15) is 0 Å². The Morgan fingerprint density at radius 3 is 2.85 bits per heavy atom. The highest BCUT2D eigenvalue weighted by Gasteiger charge is 2.21. The number of aromatic nitrogens is 2. The zero-order chi connectivity index (χ0) is 14.5. The van der Waals surface area contributed by atoms with Crippen LogP contribution in [0.3, 0.4) is 0 Å². The molecule has 0 aliphatic carbocycles. The van der Waals surface area contributed by atoms with Gasteiger partial charge in [-0.25, -0.2) is 0 Å². The van der Waals surface area contributed by atoms with E-state index in [-0.39, 0.29) is 37.1 Å². The molecule has 2 N–H and O–H groups in total. The fourth-order valence-electron chi connectivity index (χ4n) is 1.76. The highest BCUT2D eigenvalue weighted by atomic mass is 32.1. The van der Waals surface area contributed by atoms with Gasteiger partial charge < -0.3 is 15.5 Å². The SMILES string of the molecule is Cc1nnc(NC(=O)CCC(=O)N2CCNC(=O)C2)s1. The smallest absolute Gasteiger partial charge is 0.239 e. The maximum absolute atomic E-state index is 11.8. The molecule has 9 heteroatoms. The van der Waals surface area contributed by atoms with Crippen molar-refractivity contribution in [1.82, 2.24) is 20.4 Å². The highest BCUT2D eigenvalue weighted by molar-refractivity contribution is 7.15. The molecule has 0 unspecified atom stereocenters. The van der Waals surface area contributed by atoms with Crippen molar-refractivity contribution in [3.8, 4) is 0 Å². The molecule has 1 aliphatic heterocycles. The number of carbonyl (C=O) groups is 3. The Hall–Kier alpha value is -2.03. The van der Waals surface area contributed by atoms with Gasteiger partial charge in [0, 0.05) is 25.9 Å². The Labute approximate surface area is 119 Å². The topological polar surface area (TPSA) is 104 Å². The van der Waals surface area contributed by atoms with E-state index in [0.29, 0.717) is 18.2 Å². The molecule has 0 bridgehead atoms. The summed E-state index contributed by atoms with van der Waals surface area (Å²) in [6.45, 7) is 2.80. The van der Waals surface area contributed by atoms with Crippen molar-refractivity contribution >= 4 is 34.2 Å². The van der Waals surface area contributed by atoms with Crippen LogP contribution in [0.4, 0.5) is 5.13 Å². The summed E-state index contributed by atoms with van der Waals surface area (Å²) in [5, 5.41) is 14.0. The summed E-state index contributed by atoms with van der Waals surface area (Å²) < 4.78 is 0. The molecule has 2 rings (SSSR count). The van der Waals surface area contributed by atoms with Crippen LogP contribution in [0.25, 0.3) is 0 Å². The minimum Gasteiger partial charge on any atom is -0.353 e. The van der Waals surface area contributed by atoms with Crippen LogP contribution in [0, 0.1) is 6.92 Å². The summed E-state index contributed by atoms with van der Waals surface area (Å²) in [6.07, 6.45) is 0.145. The van der Waals surface area contributed by atoms with Crippen molar-refractivity contribution in [2.45, 2.75) is 19.8 Å². The number of amides is 3. The Morgan fingerprint density at radius 2 is 2.20 bits per heavy atom. The minimum absolute atomic E-state index is 0.0651. The van der Waals surface area contributed by atoms with Crippen LogP contribution in [0.1, 0.15) is 17.8 Å². The second-order valence-corrected chi connectivity index (χ2v) is 5.52. The van der Waals surface area contributed by atoms with Crippen molar-refractivity contribution in [1.29, 1.82) is 0 Å². The minimum atomic E-state index is -0.282. The van der Waals surface area contributed by atoms with E-state index in [0.717, 1.165) is 5.01 Å². The van der Waals surface area contributed by atoms with Crippen LogP contribution in [0.5, 0.6) is 0 Å². The van der Waals surface area contributed by atoms with Crippen LogP contribution in [-0.4, -0.2) is 52.5 Å². The molecule has 1 saturated heterocycles. The quantitative estimate of drug-likeness (QED) is 0.781. The van der Waals surface area contributed by atoms with Crippen molar-refractivity contribution in [3.05, 3.63) is 5.01 Å². The zero-order valence-corrected chi connectivity index (χ0v) is 11.8. The van der Waals surface area contributed by atoms with E-state index in [9.17, 15) is 14.4 Å². The number of aryl methyl sites for hydroxylation is 1. The first-order chi connectivity index (χ1) is 9.54. The summed E-state index contributed by atoms with van der Waals surface area (Å²) in [4.78, 5) is 36.1. The lowest BCUT2D eigenvalue weighted by Crippen LogP contribution is -2.50. The maximum atomic E-state index is 11.8. The number of hydrogen-bond acceptors (Lipinski definition) is 6. The number of carbonyl (C=O) groups excluding carboxylic acids is 3. The molecule has 108 valence electrons. The van der Waals surface area contributed by atoms with Crippen LogP contribution in [-0.2, 0) is 14.4 Å². The molecule has 0 aromatic carbocycles. The molecule has 1 aliphatic rings. The van der Waals surface area contributed by atoms with Gasteiger partial charge in [-0.05, 0) is 6.92 Å². The summed E-state index contributed by atoms with van der Waals surface area (Å²) in [7, 11) is 0. The van der Waals surface area contributed by atoms with Crippen LogP contribution in [0.2, 0.25) is 0 Å². The van der Waals surface area contributed by atoms with Crippen LogP contribution < -0.4 is 10.6 Å². The second kappa shape index (κ2) is 6.42. The number of anilines is 1. The molecule has 1 aromatic heterocycles. The standard InChI is InChI=1S/C11H15N5O3S/c1-7-14-15-11(20-7)13-8(17)2-3-10(19)16-5-4-12-9(18)6-16/h2-6H2,1H3,(H,12,18)(H,13,15,17). The van der Waals surface area contributed by atoms with E-state index in [1.54, 1.807) is 6.92 Å². The first kappa shape index (κ1) is 14.4. The van der Waals surface area contributed by atoms with Gasteiger partial charge in [0.25, 0.3) is 0 Å². The number of nitrogens with one attached hydrogen (secondary N) is 2. The maximum Gasteiger partial charge on any atom is 0.239 e. The van der Waals surface area contributed by atoms with Crippen molar-refractivity contribution in [2.24, 2.45) is 0 Å².